The number of nitrogens with one attached hydrogen (secondary N) is 1. The molecule has 0 aliphatic rings. The molecule has 3 nitrogen and oxygen atoms in total. The lowest BCUT2D eigenvalue weighted by molar-refractivity contribution is 0.284. The average molecular weight is 250 g/mol. The molecule has 1 rings (SSSR count). The number of benzene rings is 1. The highest BCUT2D eigenvalue weighted by Crippen LogP contribution is 2.17. The molecule has 0 aromatic heterocycles. The van der Waals surface area contributed by atoms with E-state index in [1.807, 2.05) is 18.2 Å². The number of nitrogens with zero attached hydrogens (tertiary/aromatic N) is 1. The summed E-state index contributed by atoms with van der Waals surface area (Å²) in [6.07, 6.45) is 1.20. The van der Waals surface area contributed by atoms with Crippen LogP contribution in [-0.4, -0.2) is 36.2 Å². The Morgan fingerprint density at radius 1 is 1.28 bits per heavy atom. The molecule has 0 bridgehead atoms. The molecule has 0 radical (unpaired) electrons. The Hall–Kier alpha value is -1.06. The van der Waals surface area contributed by atoms with E-state index in [0.717, 1.165) is 25.2 Å². The smallest absolute Gasteiger partial charge is 0.115 e. The topological polar surface area (TPSA) is 35.5 Å². The molecular formula is C15H26N2O. The molecule has 1 atom stereocenters. The van der Waals surface area contributed by atoms with Gasteiger partial charge in [0.15, 0.2) is 0 Å². The molecule has 0 spiro atoms. The van der Waals surface area contributed by atoms with Gasteiger partial charge in [-0.3, -0.25) is 0 Å². The molecule has 0 fully saturated rings. The van der Waals surface area contributed by atoms with E-state index in [1.54, 1.807) is 6.07 Å². The molecular weight excluding hydrogens is 224 g/mol. The molecule has 1 aromatic rings. The molecule has 102 valence electrons. The third kappa shape index (κ3) is 5.07. The van der Waals surface area contributed by atoms with Gasteiger partial charge in [0.25, 0.3) is 0 Å². The van der Waals surface area contributed by atoms with E-state index < -0.39 is 0 Å². The highest BCUT2D eigenvalue weighted by molar-refractivity contribution is 5.28. The summed E-state index contributed by atoms with van der Waals surface area (Å²) in [6, 6.07) is 7.73. The Balaban J connectivity index is 2.34. The lowest BCUT2D eigenvalue weighted by Crippen LogP contribution is -2.33. The first-order valence-electron chi connectivity index (χ1n) is 6.92. The summed E-state index contributed by atoms with van der Waals surface area (Å²) < 4.78 is 0. The zero-order valence-electron chi connectivity index (χ0n) is 11.8. The first kappa shape index (κ1) is 15.0. The zero-order chi connectivity index (χ0) is 13.4. The van der Waals surface area contributed by atoms with Crippen LogP contribution in [0.1, 0.15) is 38.8 Å². The van der Waals surface area contributed by atoms with Crippen LogP contribution in [0.25, 0.3) is 0 Å². The van der Waals surface area contributed by atoms with Gasteiger partial charge in [-0.1, -0.05) is 26.0 Å². The summed E-state index contributed by atoms with van der Waals surface area (Å²) in [5.41, 5.74) is 1.13. The summed E-state index contributed by atoms with van der Waals surface area (Å²) in [7, 11) is 0. The van der Waals surface area contributed by atoms with Crippen molar-refractivity contribution in [2.75, 3.05) is 26.2 Å². The highest BCUT2D eigenvalue weighted by atomic mass is 16.3. The number of rotatable bonds is 8. The van der Waals surface area contributed by atoms with E-state index in [9.17, 15) is 5.11 Å². The molecule has 0 amide bonds. The Bertz CT molecular complexity index is 341. The van der Waals surface area contributed by atoms with Gasteiger partial charge in [0.2, 0.25) is 0 Å². The largest absolute Gasteiger partial charge is 0.508 e. The van der Waals surface area contributed by atoms with Crippen LogP contribution in [0.4, 0.5) is 0 Å². The fourth-order valence-corrected chi connectivity index (χ4v) is 2.10. The summed E-state index contributed by atoms with van der Waals surface area (Å²) in [4.78, 5) is 2.45. The van der Waals surface area contributed by atoms with Gasteiger partial charge in [0.1, 0.15) is 5.75 Å². The van der Waals surface area contributed by atoms with E-state index in [0.29, 0.717) is 5.75 Å². The van der Waals surface area contributed by atoms with Crippen LogP contribution in [0.3, 0.4) is 0 Å². The van der Waals surface area contributed by atoms with Gasteiger partial charge >= 0.3 is 0 Å². The molecule has 1 unspecified atom stereocenters. The van der Waals surface area contributed by atoms with Gasteiger partial charge in [-0.25, -0.2) is 0 Å². The number of likely N-dealkylation sites (N-methyl/N-ethyl adjacent to an activating group) is 1. The van der Waals surface area contributed by atoms with Crippen molar-refractivity contribution in [3.8, 4) is 5.75 Å². The van der Waals surface area contributed by atoms with Gasteiger partial charge in [-0.05, 0) is 44.1 Å². The monoisotopic (exact) mass is 250 g/mol. The number of aromatic hydroxyl groups is 1. The molecule has 1 aromatic carbocycles. The minimum Gasteiger partial charge on any atom is -0.508 e. The van der Waals surface area contributed by atoms with Crippen LogP contribution in [0.15, 0.2) is 24.3 Å². The molecule has 0 aliphatic heterocycles. The van der Waals surface area contributed by atoms with E-state index in [1.165, 1.54) is 13.0 Å². The Morgan fingerprint density at radius 3 is 2.67 bits per heavy atom. The zero-order valence-corrected chi connectivity index (χ0v) is 11.8. The van der Waals surface area contributed by atoms with E-state index >= 15 is 0 Å². The predicted molar refractivity (Wildman–Crippen MR) is 76.9 cm³/mol. The number of phenolic OH excluding ortho intramolecular Hbond substituents is 1. The quantitative estimate of drug-likeness (QED) is 0.744. The number of hydrogen-bond acceptors (Lipinski definition) is 3. The Labute approximate surface area is 111 Å². The number of hydrogen-bond donors (Lipinski definition) is 2. The maximum absolute atomic E-state index is 9.45. The second kappa shape index (κ2) is 8.11. The van der Waals surface area contributed by atoms with Gasteiger partial charge in [-0.2, -0.15) is 0 Å². The van der Waals surface area contributed by atoms with Crippen molar-refractivity contribution in [3.63, 3.8) is 0 Å². The highest BCUT2D eigenvalue weighted by Gasteiger charge is 2.06. The van der Waals surface area contributed by atoms with Gasteiger partial charge in [0, 0.05) is 19.1 Å². The lowest BCUT2D eigenvalue weighted by Gasteiger charge is -2.21. The van der Waals surface area contributed by atoms with Crippen molar-refractivity contribution in [1.82, 2.24) is 10.2 Å². The van der Waals surface area contributed by atoms with Crippen LogP contribution < -0.4 is 5.32 Å². The van der Waals surface area contributed by atoms with Gasteiger partial charge < -0.3 is 15.3 Å². The second-order valence-electron chi connectivity index (χ2n) is 4.71. The standard InChI is InChI=1S/C15H26N2O/c1-4-10-17(5-2)11-9-16-13(3)14-7-6-8-15(18)12-14/h6-8,12-13,16,18H,4-5,9-11H2,1-3H3. The fraction of sp³-hybridized carbons (Fsp3) is 0.600. The van der Waals surface area contributed by atoms with Crippen molar-refractivity contribution in [2.45, 2.75) is 33.2 Å². The summed E-state index contributed by atoms with van der Waals surface area (Å²) in [5, 5.41) is 12.9. The molecule has 0 heterocycles. The molecule has 0 saturated carbocycles. The lowest BCUT2D eigenvalue weighted by atomic mass is 10.1. The maximum atomic E-state index is 9.45. The average Bonchev–Trinajstić information content (AvgIpc) is 2.37. The predicted octanol–water partition coefficient (Wildman–Crippen LogP) is 2.77. The summed E-state index contributed by atoms with van der Waals surface area (Å²) >= 11 is 0. The minimum absolute atomic E-state index is 0.275. The van der Waals surface area contributed by atoms with E-state index in [2.05, 4.69) is 31.0 Å². The SMILES string of the molecule is CCCN(CC)CCNC(C)c1cccc(O)c1. The molecule has 0 aliphatic carbocycles. The summed E-state index contributed by atoms with van der Waals surface area (Å²) in [5.74, 6) is 0.335. The van der Waals surface area contributed by atoms with Crippen molar-refractivity contribution in [1.29, 1.82) is 0 Å². The minimum atomic E-state index is 0.275. The maximum Gasteiger partial charge on any atom is 0.115 e. The van der Waals surface area contributed by atoms with Crippen LogP contribution in [0.2, 0.25) is 0 Å². The molecule has 0 saturated heterocycles. The molecule has 2 N–H and O–H groups in total. The van der Waals surface area contributed by atoms with Crippen LogP contribution >= 0.6 is 0 Å². The molecule has 3 heteroatoms. The van der Waals surface area contributed by atoms with Crippen LogP contribution in [0.5, 0.6) is 5.75 Å². The van der Waals surface area contributed by atoms with Crippen molar-refractivity contribution in [2.24, 2.45) is 0 Å². The second-order valence-corrected chi connectivity index (χ2v) is 4.71. The fourth-order valence-electron chi connectivity index (χ4n) is 2.10. The molecule has 18 heavy (non-hydrogen) atoms. The third-order valence-corrected chi connectivity index (χ3v) is 3.24. The van der Waals surface area contributed by atoms with Gasteiger partial charge in [-0.15, -0.1) is 0 Å². The van der Waals surface area contributed by atoms with Crippen molar-refractivity contribution >= 4 is 0 Å². The third-order valence-electron chi connectivity index (χ3n) is 3.24. The van der Waals surface area contributed by atoms with Gasteiger partial charge in [0.05, 0.1) is 0 Å². The van der Waals surface area contributed by atoms with E-state index in [-0.39, 0.29) is 6.04 Å². The van der Waals surface area contributed by atoms with E-state index in [4.69, 9.17) is 0 Å². The Morgan fingerprint density at radius 2 is 2.06 bits per heavy atom. The van der Waals surface area contributed by atoms with Crippen molar-refractivity contribution < 1.29 is 5.11 Å². The van der Waals surface area contributed by atoms with Crippen LogP contribution in [-0.2, 0) is 0 Å². The first-order valence-corrected chi connectivity index (χ1v) is 6.92. The van der Waals surface area contributed by atoms with Crippen molar-refractivity contribution in [3.05, 3.63) is 29.8 Å². The first-order chi connectivity index (χ1) is 8.67. The normalized spacial score (nSPS) is 12.9. The summed E-state index contributed by atoms with van der Waals surface area (Å²) in [6.45, 7) is 10.9. The van der Waals surface area contributed by atoms with Crippen LogP contribution in [0, 0.1) is 0 Å². The number of phenols is 1. The Kier molecular flexibility index (Phi) is 6.76.